The van der Waals surface area contributed by atoms with Crippen LogP contribution < -0.4 is 4.90 Å². The van der Waals surface area contributed by atoms with Gasteiger partial charge in [-0.25, -0.2) is 19.9 Å². The van der Waals surface area contributed by atoms with Crippen molar-refractivity contribution >= 4 is 22.8 Å². The Bertz CT molecular complexity index is 1520. The van der Waals surface area contributed by atoms with Gasteiger partial charge in [-0.3, -0.25) is 4.79 Å². The van der Waals surface area contributed by atoms with Crippen LogP contribution in [0.5, 0.6) is 0 Å². The maximum Gasteiger partial charge on any atom is 0.433 e. The van der Waals surface area contributed by atoms with E-state index in [-0.39, 0.29) is 12.2 Å². The third-order valence-electron chi connectivity index (χ3n) is 8.48. The number of aliphatic carboxylic acids is 1. The number of carboxylic acid groups (broad SMARTS) is 1. The number of anilines is 1. The molecule has 2 fully saturated rings. The Morgan fingerprint density at radius 1 is 1.00 bits per heavy atom. The van der Waals surface area contributed by atoms with E-state index in [1.807, 2.05) is 12.1 Å². The molecule has 1 aliphatic carbocycles. The van der Waals surface area contributed by atoms with E-state index in [2.05, 4.69) is 24.8 Å². The van der Waals surface area contributed by atoms with E-state index < -0.39 is 17.8 Å². The van der Waals surface area contributed by atoms with E-state index in [0.29, 0.717) is 33.8 Å². The van der Waals surface area contributed by atoms with Gasteiger partial charge in [0.25, 0.3) is 0 Å². The van der Waals surface area contributed by atoms with Crippen molar-refractivity contribution in [2.45, 2.75) is 51.1 Å². The van der Waals surface area contributed by atoms with Gasteiger partial charge < -0.3 is 15.0 Å². The highest BCUT2D eigenvalue weighted by Gasteiger charge is 2.38. The molecule has 1 aliphatic heterocycles. The summed E-state index contributed by atoms with van der Waals surface area (Å²) in [5.74, 6) is 1.15. The number of alkyl halides is 3. The summed E-state index contributed by atoms with van der Waals surface area (Å²) in [5, 5.41) is 9.09. The number of hydrogen-bond donors (Lipinski definition) is 2. The molecule has 1 saturated carbocycles. The van der Waals surface area contributed by atoms with Crippen LogP contribution in [0.2, 0.25) is 0 Å². The van der Waals surface area contributed by atoms with Crippen LogP contribution in [0.1, 0.15) is 50.6 Å². The molecule has 0 amide bonds. The van der Waals surface area contributed by atoms with Gasteiger partial charge in [-0.15, -0.1) is 0 Å². The third-order valence-corrected chi connectivity index (χ3v) is 8.48. The van der Waals surface area contributed by atoms with Crippen molar-refractivity contribution in [2.75, 3.05) is 18.0 Å². The summed E-state index contributed by atoms with van der Waals surface area (Å²) in [7, 11) is 0. The first-order valence-electron chi connectivity index (χ1n) is 13.5. The number of fused-ring (bicyclic) bond motifs is 1. The first-order chi connectivity index (χ1) is 19.2. The van der Waals surface area contributed by atoms with Crippen LogP contribution in [0, 0.1) is 11.3 Å². The number of imidazole rings is 1. The van der Waals surface area contributed by atoms with E-state index in [4.69, 9.17) is 10.1 Å². The molecule has 1 saturated heterocycles. The fraction of sp³-hybridized carbons (Fsp3) is 0.414. The Balaban J connectivity index is 1.12. The first kappa shape index (κ1) is 26.2. The van der Waals surface area contributed by atoms with Crippen molar-refractivity contribution in [3.05, 3.63) is 54.5 Å². The normalized spacial score (nSPS) is 17.9. The topological polar surface area (TPSA) is 108 Å². The molecule has 11 heteroatoms. The molecule has 0 radical (unpaired) electrons. The second kappa shape index (κ2) is 10.2. The van der Waals surface area contributed by atoms with Gasteiger partial charge in [0, 0.05) is 43.0 Å². The molecule has 0 atom stereocenters. The SMILES string of the molecule is O=C(O)CC1CCC2(CC1)CCN(c1ccc(-c3nc4ccc(-c5nccc(C(F)(F)F)n5)cc4[nH]3)cn1)CC2. The number of benzene rings is 1. The summed E-state index contributed by atoms with van der Waals surface area (Å²) >= 11 is 0. The fourth-order valence-corrected chi connectivity index (χ4v) is 6.11. The quantitative estimate of drug-likeness (QED) is 0.298. The van der Waals surface area contributed by atoms with Crippen molar-refractivity contribution in [1.29, 1.82) is 0 Å². The smallest absolute Gasteiger partial charge is 0.433 e. The number of nitrogens with one attached hydrogen (secondary N) is 1. The van der Waals surface area contributed by atoms with E-state index in [9.17, 15) is 18.0 Å². The maximum absolute atomic E-state index is 13.1. The van der Waals surface area contributed by atoms with Crippen LogP contribution in [0.25, 0.3) is 33.8 Å². The van der Waals surface area contributed by atoms with E-state index in [1.54, 1.807) is 24.4 Å². The van der Waals surface area contributed by atoms with Crippen molar-refractivity contribution in [3.63, 3.8) is 0 Å². The number of carboxylic acids is 1. The Labute approximate surface area is 228 Å². The fourth-order valence-electron chi connectivity index (χ4n) is 6.11. The number of H-pyrrole nitrogens is 1. The highest BCUT2D eigenvalue weighted by molar-refractivity contribution is 5.83. The second-order valence-corrected chi connectivity index (χ2v) is 11.0. The molecule has 208 valence electrons. The zero-order chi connectivity index (χ0) is 27.9. The Kier molecular flexibility index (Phi) is 6.67. The minimum atomic E-state index is -4.54. The molecular formula is C29H29F3N6O2. The number of aromatic amines is 1. The molecule has 8 nitrogen and oxygen atoms in total. The lowest BCUT2D eigenvalue weighted by Gasteiger charge is -2.46. The molecule has 1 aromatic carbocycles. The number of rotatable bonds is 5. The lowest BCUT2D eigenvalue weighted by Crippen LogP contribution is -2.42. The van der Waals surface area contributed by atoms with Gasteiger partial charge in [-0.05, 0) is 86.3 Å². The summed E-state index contributed by atoms with van der Waals surface area (Å²) in [6.45, 7) is 1.86. The molecule has 40 heavy (non-hydrogen) atoms. The van der Waals surface area contributed by atoms with Crippen LogP contribution in [0.4, 0.5) is 19.0 Å². The van der Waals surface area contributed by atoms with E-state index in [0.717, 1.165) is 75.3 Å². The van der Waals surface area contributed by atoms with Crippen molar-refractivity contribution in [1.82, 2.24) is 24.9 Å². The minimum Gasteiger partial charge on any atom is -0.481 e. The van der Waals surface area contributed by atoms with Crippen LogP contribution in [0.15, 0.2) is 48.8 Å². The molecule has 2 aliphatic rings. The van der Waals surface area contributed by atoms with Crippen LogP contribution in [-0.4, -0.2) is 49.1 Å². The number of nitrogens with zero attached hydrogens (tertiary/aromatic N) is 5. The van der Waals surface area contributed by atoms with Crippen LogP contribution >= 0.6 is 0 Å². The number of piperidine rings is 1. The summed E-state index contributed by atoms with van der Waals surface area (Å²) in [6, 6.07) is 9.90. The van der Waals surface area contributed by atoms with Gasteiger partial charge in [0.15, 0.2) is 5.82 Å². The maximum atomic E-state index is 13.1. The highest BCUT2D eigenvalue weighted by Crippen LogP contribution is 2.47. The number of aromatic nitrogens is 5. The monoisotopic (exact) mass is 550 g/mol. The lowest BCUT2D eigenvalue weighted by atomic mass is 9.65. The average Bonchev–Trinajstić information content (AvgIpc) is 3.38. The summed E-state index contributed by atoms with van der Waals surface area (Å²) in [4.78, 5) is 33.6. The van der Waals surface area contributed by atoms with Crippen LogP contribution in [-0.2, 0) is 11.0 Å². The Morgan fingerprint density at radius 3 is 2.42 bits per heavy atom. The molecule has 1 spiro atoms. The van der Waals surface area contributed by atoms with Crippen molar-refractivity contribution < 1.29 is 23.1 Å². The van der Waals surface area contributed by atoms with Crippen molar-refractivity contribution in [2.24, 2.45) is 11.3 Å². The van der Waals surface area contributed by atoms with Gasteiger partial charge >= 0.3 is 12.1 Å². The molecule has 6 rings (SSSR count). The number of carbonyl (C=O) groups is 1. The largest absolute Gasteiger partial charge is 0.481 e. The average molecular weight is 551 g/mol. The standard InChI is InChI=1S/C29H29F3N6O2/c30-29(31,32)23-7-12-33-26(37-23)19-1-3-21-22(16-19)36-27(35-21)20-2-4-24(34-17-20)38-13-10-28(11-14-38)8-5-18(6-9-28)15-25(39)40/h1-4,7,12,16-18H,5-6,8-11,13-15H2,(H,35,36)(H,39,40). The lowest BCUT2D eigenvalue weighted by molar-refractivity contribution is -0.141. The van der Waals surface area contributed by atoms with E-state index in [1.165, 1.54) is 0 Å². The number of pyridine rings is 1. The molecule has 4 heterocycles. The predicted octanol–water partition coefficient (Wildman–Crippen LogP) is 6.35. The zero-order valence-electron chi connectivity index (χ0n) is 21.8. The van der Waals surface area contributed by atoms with Gasteiger partial charge in [0.2, 0.25) is 0 Å². The molecular weight excluding hydrogens is 521 g/mol. The van der Waals surface area contributed by atoms with Crippen molar-refractivity contribution in [3.8, 4) is 22.8 Å². The minimum absolute atomic E-state index is 0.00416. The number of halogens is 3. The first-order valence-corrected chi connectivity index (χ1v) is 13.5. The summed E-state index contributed by atoms with van der Waals surface area (Å²) in [5.41, 5.74) is 1.95. The van der Waals surface area contributed by atoms with E-state index >= 15 is 0 Å². The molecule has 0 unspecified atom stereocenters. The summed E-state index contributed by atoms with van der Waals surface area (Å²) in [6.07, 6.45) is 5.06. The molecule has 4 aromatic rings. The van der Waals surface area contributed by atoms with Crippen LogP contribution in [0.3, 0.4) is 0 Å². The van der Waals surface area contributed by atoms with Gasteiger partial charge in [0.1, 0.15) is 17.3 Å². The molecule has 0 bridgehead atoms. The highest BCUT2D eigenvalue weighted by atomic mass is 19.4. The van der Waals surface area contributed by atoms with Gasteiger partial charge in [-0.1, -0.05) is 0 Å². The Hall–Kier alpha value is -4.02. The van der Waals surface area contributed by atoms with Gasteiger partial charge in [0.05, 0.1) is 11.0 Å². The Morgan fingerprint density at radius 2 is 1.75 bits per heavy atom. The summed E-state index contributed by atoms with van der Waals surface area (Å²) < 4.78 is 39.2. The molecule has 2 N–H and O–H groups in total. The number of hydrogen-bond acceptors (Lipinski definition) is 6. The zero-order valence-corrected chi connectivity index (χ0v) is 21.8. The van der Waals surface area contributed by atoms with Gasteiger partial charge in [-0.2, -0.15) is 13.2 Å². The third kappa shape index (κ3) is 5.37. The predicted molar refractivity (Wildman–Crippen MR) is 143 cm³/mol. The second-order valence-electron chi connectivity index (χ2n) is 11.0. The molecule has 3 aromatic heterocycles.